The van der Waals surface area contributed by atoms with E-state index >= 15 is 0 Å². The molecule has 2 nitrogen and oxygen atoms in total. The van der Waals surface area contributed by atoms with E-state index in [9.17, 15) is 13.6 Å². The van der Waals surface area contributed by atoms with E-state index in [4.69, 9.17) is 5.73 Å². The summed E-state index contributed by atoms with van der Waals surface area (Å²) in [6.07, 6.45) is 0. The average molecular weight is 323 g/mol. The molecule has 0 aliphatic carbocycles. The van der Waals surface area contributed by atoms with Crippen LogP contribution < -0.4 is 5.73 Å². The van der Waals surface area contributed by atoms with Gasteiger partial charge in [0.15, 0.2) is 0 Å². The molecule has 0 saturated heterocycles. The molecule has 24 heavy (non-hydrogen) atoms. The Morgan fingerprint density at radius 2 is 1.29 bits per heavy atom. The van der Waals surface area contributed by atoms with Crippen LogP contribution in [0.4, 0.5) is 8.78 Å². The van der Waals surface area contributed by atoms with Crippen molar-refractivity contribution >= 4 is 5.91 Å². The number of carbonyl (C=O) groups is 1. The quantitative estimate of drug-likeness (QED) is 0.730. The van der Waals surface area contributed by atoms with Crippen LogP contribution in [-0.2, 0) is 10.2 Å². The van der Waals surface area contributed by atoms with E-state index in [1.54, 1.807) is 60.7 Å². The molecule has 0 radical (unpaired) electrons. The Morgan fingerprint density at radius 3 is 1.71 bits per heavy atom. The first-order valence-electron chi connectivity index (χ1n) is 7.43. The van der Waals surface area contributed by atoms with Crippen molar-refractivity contribution in [1.29, 1.82) is 0 Å². The Bertz CT molecular complexity index is 824. The number of nitrogens with two attached hydrogens (primary N) is 1. The molecule has 3 aromatic carbocycles. The summed E-state index contributed by atoms with van der Waals surface area (Å²) in [5.74, 6) is -2.26. The minimum Gasteiger partial charge on any atom is -0.368 e. The second kappa shape index (κ2) is 6.24. The van der Waals surface area contributed by atoms with Gasteiger partial charge in [0.05, 0.1) is 0 Å². The van der Waals surface area contributed by atoms with E-state index < -0.39 is 23.0 Å². The van der Waals surface area contributed by atoms with Crippen molar-refractivity contribution in [1.82, 2.24) is 0 Å². The molecule has 0 aliphatic heterocycles. The first-order chi connectivity index (χ1) is 11.6. The molecular weight excluding hydrogens is 308 g/mol. The third-order valence-corrected chi connectivity index (χ3v) is 4.12. The lowest BCUT2D eigenvalue weighted by Gasteiger charge is -2.32. The van der Waals surface area contributed by atoms with Crippen molar-refractivity contribution in [3.05, 3.63) is 107 Å². The Morgan fingerprint density at radius 1 is 0.792 bits per heavy atom. The fourth-order valence-corrected chi connectivity index (χ4v) is 3.06. The SMILES string of the molecule is NC(=O)C(c1ccccc1)(c1ccccc1)c1ccc(F)cc1F. The smallest absolute Gasteiger partial charge is 0.237 e. The van der Waals surface area contributed by atoms with E-state index in [2.05, 4.69) is 0 Å². The van der Waals surface area contributed by atoms with Crippen LogP contribution in [0, 0.1) is 11.6 Å². The van der Waals surface area contributed by atoms with Crippen molar-refractivity contribution in [2.75, 3.05) is 0 Å². The van der Waals surface area contributed by atoms with Crippen molar-refractivity contribution in [3.8, 4) is 0 Å². The fraction of sp³-hybridized carbons (Fsp3) is 0.0500. The van der Waals surface area contributed by atoms with Crippen LogP contribution in [0.25, 0.3) is 0 Å². The number of benzene rings is 3. The van der Waals surface area contributed by atoms with Gasteiger partial charge in [-0.2, -0.15) is 0 Å². The van der Waals surface area contributed by atoms with E-state index in [0.717, 1.165) is 12.1 Å². The Labute approximate surface area is 138 Å². The molecule has 0 unspecified atom stereocenters. The zero-order valence-corrected chi connectivity index (χ0v) is 12.7. The zero-order chi connectivity index (χ0) is 17.2. The molecule has 0 heterocycles. The molecule has 0 fully saturated rings. The number of carbonyl (C=O) groups excluding carboxylic acids is 1. The Hall–Kier alpha value is -3.01. The highest BCUT2D eigenvalue weighted by atomic mass is 19.1. The van der Waals surface area contributed by atoms with Gasteiger partial charge in [0.2, 0.25) is 5.91 Å². The number of halogens is 2. The molecule has 0 aromatic heterocycles. The molecule has 1 amide bonds. The predicted molar refractivity (Wildman–Crippen MR) is 88.3 cm³/mol. The number of primary amides is 1. The largest absolute Gasteiger partial charge is 0.368 e. The first-order valence-corrected chi connectivity index (χ1v) is 7.43. The van der Waals surface area contributed by atoms with Crippen molar-refractivity contribution in [3.63, 3.8) is 0 Å². The molecule has 0 aliphatic rings. The van der Waals surface area contributed by atoms with Gasteiger partial charge in [-0.1, -0.05) is 66.7 Å². The van der Waals surface area contributed by atoms with Crippen LogP contribution in [0.3, 0.4) is 0 Å². The molecule has 3 aromatic rings. The van der Waals surface area contributed by atoms with Crippen LogP contribution in [0.1, 0.15) is 16.7 Å². The summed E-state index contributed by atoms with van der Waals surface area (Å²) in [6, 6.07) is 20.6. The summed E-state index contributed by atoms with van der Waals surface area (Å²) in [4.78, 5) is 12.6. The van der Waals surface area contributed by atoms with Gasteiger partial charge in [0.1, 0.15) is 17.0 Å². The minimum absolute atomic E-state index is 0.0220. The molecule has 3 rings (SSSR count). The minimum atomic E-state index is -1.54. The van der Waals surface area contributed by atoms with E-state index in [1.165, 1.54) is 6.07 Å². The highest BCUT2D eigenvalue weighted by Crippen LogP contribution is 2.40. The van der Waals surface area contributed by atoms with E-state index in [-0.39, 0.29) is 5.56 Å². The molecule has 0 spiro atoms. The van der Waals surface area contributed by atoms with Crippen LogP contribution >= 0.6 is 0 Å². The second-order valence-corrected chi connectivity index (χ2v) is 5.47. The predicted octanol–water partition coefficient (Wildman–Crippen LogP) is 3.78. The molecule has 0 bridgehead atoms. The molecule has 0 atom stereocenters. The Balaban J connectivity index is 2.42. The van der Waals surface area contributed by atoms with Crippen LogP contribution in [0.5, 0.6) is 0 Å². The van der Waals surface area contributed by atoms with Gasteiger partial charge in [-0.15, -0.1) is 0 Å². The molecule has 0 saturated carbocycles. The van der Waals surface area contributed by atoms with Gasteiger partial charge in [-0.05, 0) is 17.2 Å². The average Bonchev–Trinajstić information content (AvgIpc) is 2.59. The van der Waals surface area contributed by atoms with Crippen LogP contribution in [0.2, 0.25) is 0 Å². The van der Waals surface area contributed by atoms with Crippen molar-refractivity contribution < 1.29 is 13.6 Å². The Kier molecular flexibility index (Phi) is 4.13. The van der Waals surface area contributed by atoms with Crippen molar-refractivity contribution in [2.45, 2.75) is 5.41 Å². The highest BCUT2D eigenvalue weighted by molar-refractivity contribution is 5.95. The van der Waals surface area contributed by atoms with Gasteiger partial charge in [-0.25, -0.2) is 8.78 Å². The molecular formula is C20H15F2NO. The van der Waals surface area contributed by atoms with Gasteiger partial charge in [-0.3, -0.25) is 4.79 Å². The van der Waals surface area contributed by atoms with E-state index in [0.29, 0.717) is 11.1 Å². The maximum atomic E-state index is 14.6. The molecule has 2 N–H and O–H groups in total. The first kappa shape index (κ1) is 15.9. The lowest BCUT2D eigenvalue weighted by Crippen LogP contribution is -2.44. The van der Waals surface area contributed by atoms with E-state index in [1.807, 2.05) is 0 Å². The highest BCUT2D eigenvalue weighted by Gasteiger charge is 2.44. The van der Waals surface area contributed by atoms with Gasteiger partial charge in [0.25, 0.3) is 0 Å². The summed E-state index contributed by atoms with van der Waals surface area (Å²) in [5, 5.41) is 0. The van der Waals surface area contributed by atoms with Crippen LogP contribution in [0.15, 0.2) is 78.9 Å². The number of hydrogen-bond acceptors (Lipinski definition) is 1. The third kappa shape index (κ3) is 2.46. The summed E-state index contributed by atoms with van der Waals surface area (Å²) >= 11 is 0. The van der Waals surface area contributed by atoms with Gasteiger partial charge < -0.3 is 5.73 Å². The lowest BCUT2D eigenvalue weighted by atomic mass is 9.68. The summed E-state index contributed by atoms with van der Waals surface area (Å²) in [6.45, 7) is 0. The van der Waals surface area contributed by atoms with Crippen LogP contribution in [-0.4, -0.2) is 5.91 Å². The van der Waals surface area contributed by atoms with Gasteiger partial charge in [0, 0.05) is 11.6 Å². The topological polar surface area (TPSA) is 43.1 Å². The van der Waals surface area contributed by atoms with Crippen molar-refractivity contribution in [2.24, 2.45) is 5.73 Å². The lowest BCUT2D eigenvalue weighted by molar-refractivity contribution is -0.121. The number of rotatable bonds is 4. The summed E-state index contributed by atoms with van der Waals surface area (Å²) in [5.41, 5.74) is 5.30. The number of hydrogen-bond donors (Lipinski definition) is 1. The fourth-order valence-electron chi connectivity index (χ4n) is 3.06. The molecule has 120 valence electrons. The summed E-state index contributed by atoms with van der Waals surface area (Å²) in [7, 11) is 0. The second-order valence-electron chi connectivity index (χ2n) is 5.47. The monoisotopic (exact) mass is 323 g/mol. The summed E-state index contributed by atoms with van der Waals surface area (Å²) < 4.78 is 28.0. The third-order valence-electron chi connectivity index (χ3n) is 4.12. The number of amides is 1. The molecule has 4 heteroatoms. The standard InChI is InChI=1S/C20H15F2NO/c21-16-11-12-17(18(22)13-16)20(19(23)24,14-7-3-1-4-8-14)15-9-5-2-6-10-15/h1-13H,(H2,23,24). The maximum absolute atomic E-state index is 14.6. The zero-order valence-electron chi connectivity index (χ0n) is 12.7. The maximum Gasteiger partial charge on any atom is 0.237 e. The van der Waals surface area contributed by atoms with Gasteiger partial charge >= 0.3 is 0 Å². The normalized spacial score (nSPS) is 11.2.